The molecule has 4 nitrogen and oxygen atoms in total. The number of benzene rings is 1. The van der Waals surface area contributed by atoms with Crippen molar-refractivity contribution in [3.8, 4) is 5.75 Å². The van der Waals surface area contributed by atoms with Crippen molar-refractivity contribution < 1.29 is 9.84 Å². The minimum Gasteiger partial charge on any atom is -0.495 e. The third-order valence-electron chi connectivity index (χ3n) is 3.26. The topological polar surface area (TPSA) is 55.2 Å². The second kappa shape index (κ2) is 5.27. The van der Waals surface area contributed by atoms with Crippen molar-refractivity contribution in [3.05, 3.63) is 66.1 Å². The average molecular weight is 266 g/mol. The van der Waals surface area contributed by atoms with Gasteiger partial charge in [0.2, 0.25) is 0 Å². The van der Waals surface area contributed by atoms with Gasteiger partial charge >= 0.3 is 0 Å². The standard InChI is InChI=1S/C16H14N2O2/c1-20-15-10-17-7-6-13(15)16(19)12-8-11-4-2-3-5-14(11)18-9-12/h2-10,16,19H,1H3. The molecule has 1 unspecified atom stereocenters. The fraction of sp³-hybridized carbons (Fsp3) is 0.125. The van der Waals surface area contributed by atoms with Crippen molar-refractivity contribution in [2.75, 3.05) is 7.11 Å². The van der Waals surface area contributed by atoms with Crippen LogP contribution in [0.1, 0.15) is 17.2 Å². The van der Waals surface area contributed by atoms with Gasteiger partial charge in [-0.2, -0.15) is 0 Å². The van der Waals surface area contributed by atoms with Crippen LogP contribution in [0.3, 0.4) is 0 Å². The zero-order valence-electron chi connectivity index (χ0n) is 11.0. The maximum absolute atomic E-state index is 10.5. The van der Waals surface area contributed by atoms with Crippen LogP contribution in [-0.2, 0) is 0 Å². The number of para-hydroxylation sites is 1. The van der Waals surface area contributed by atoms with Gasteiger partial charge in [-0.25, -0.2) is 0 Å². The Labute approximate surface area is 116 Å². The molecule has 0 aliphatic heterocycles. The lowest BCUT2D eigenvalue weighted by Gasteiger charge is -2.14. The van der Waals surface area contributed by atoms with Crippen molar-refractivity contribution in [1.29, 1.82) is 0 Å². The highest BCUT2D eigenvalue weighted by molar-refractivity contribution is 5.78. The lowest BCUT2D eigenvalue weighted by atomic mass is 10.0. The van der Waals surface area contributed by atoms with Crippen LogP contribution >= 0.6 is 0 Å². The number of pyridine rings is 2. The second-order valence-corrected chi connectivity index (χ2v) is 4.48. The van der Waals surface area contributed by atoms with E-state index in [1.807, 2.05) is 30.3 Å². The van der Waals surface area contributed by atoms with Gasteiger partial charge in [-0.15, -0.1) is 0 Å². The number of aliphatic hydroxyl groups is 1. The first-order valence-corrected chi connectivity index (χ1v) is 6.30. The molecule has 3 rings (SSSR count). The Hall–Kier alpha value is -2.46. The van der Waals surface area contributed by atoms with Crippen LogP contribution in [-0.4, -0.2) is 22.2 Å². The van der Waals surface area contributed by atoms with E-state index in [0.29, 0.717) is 11.3 Å². The highest BCUT2D eigenvalue weighted by Gasteiger charge is 2.16. The summed E-state index contributed by atoms with van der Waals surface area (Å²) < 4.78 is 5.23. The molecule has 100 valence electrons. The van der Waals surface area contributed by atoms with E-state index in [-0.39, 0.29) is 0 Å². The lowest BCUT2D eigenvalue weighted by molar-refractivity contribution is 0.214. The molecule has 1 aromatic carbocycles. The summed E-state index contributed by atoms with van der Waals surface area (Å²) in [5, 5.41) is 11.5. The third kappa shape index (κ3) is 2.21. The molecule has 4 heteroatoms. The smallest absolute Gasteiger partial charge is 0.143 e. The first-order valence-electron chi connectivity index (χ1n) is 6.30. The van der Waals surface area contributed by atoms with Crippen LogP contribution in [0.2, 0.25) is 0 Å². The Morgan fingerprint density at radius 3 is 2.85 bits per heavy atom. The second-order valence-electron chi connectivity index (χ2n) is 4.48. The normalized spacial score (nSPS) is 12.3. The maximum atomic E-state index is 10.5. The van der Waals surface area contributed by atoms with Gasteiger partial charge < -0.3 is 9.84 Å². The molecule has 20 heavy (non-hydrogen) atoms. The van der Waals surface area contributed by atoms with Gasteiger partial charge in [0.25, 0.3) is 0 Å². The first-order chi connectivity index (χ1) is 9.79. The molecule has 0 saturated heterocycles. The lowest BCUT2D eigenvalue weighted by Crippen LogP contribution is -2.03. The zero-order chi connectivity index (χ0) is 13.9. The summed E-state index contributed by atoms with van der Waals surface area (Å²) in [4.78, 5) is 8.36. The van der Waals surface area contributed by atoms with Crippen molar-refractivity contribution in [2.45, 2.75) is 6.10 Å². The summed E-state index contributed by atoms with van der Waals surface area (Å²) in [6, 6.07) is 11.5. The average Bonchev–Trinajstić information content (AvgIpc) is 2.53. The van der Waals surface area contributed by atoms with E-state index in [1.54, 1.807) is 31.8 Å². The predicted molar refractivity (Wildman–Crippen MR) is 76.6 cm³/mol. The Balaban J connectivity index is 2.05. The largest absolute Gasteiger partial charge is 0.495 e. The number of ether oxygens (including phenoxy) is 1. The molecule has 0 saturated carbocycles. The highest BCUT2D eigenvalue weighted by atomic mass is 16.5. The van der Waals surface area contributed by atoms with Crippen molar-refractivity contribution >= 4 is 10.9 Å². The number of rotatable bonds is 3. The minimum atomic E-state index is -0.787. The summed E-state index contributed by atoms with van der Waals surface area (Å²) in [5.74, 6) is 0.563. The quantitative estimate of drug-likeness (QED) is 0.792. The molecule has 0 amide bonds. The number of hydrogen-bond donors (Lipinski definition) is 1. The summed E-state index contributed by atoms with van der Waals surface area (Å²) in [6.45, 7) is 0. The molecular weight excluding hydrogens is 252 g/mol. The number of nitrogens with zero attached hydrogens (tertiary/aromatic N) is 2. The Kier molecular flexibility index (Phi) is 3.31. The predicted octanol–water partition coefficient (Wildman–Crippen LogP) is 2.72. The molecule has 0 aliphatic carbocycles. The van der Waals surface area contributed by atoms with Crippen LogP contribution in [0.25, 0.3) is 10.9 Å². The summed E-state index contributed by atoms with van der Waals surface area (Å²) in [7, 11) is 1.56. The number of fused-ring (bicyclic) bond motifs is 1. The van der Waals surface area contributed by atoms with Gasteiger partial charge in [-0.05, 0) is 18.2 Å². The summed E-state index contributed by atoms with van der Waals surface area (Å²) in [6.07, 6.45) is 4.13. The van der Waals surface area contributed by atoms with E-state index in [1.165, 1.54) is 0 Å². The van der Waals surface area contributed by atoms with E-state index < -0.39 is 6.10 Å². The minimum absolute atomic E-state index is 0.563. The van der Waals surface area contributed by atoms with Crippen LogP contribution in [0.4, 0.5) is 0 Å². The van der Waals surface area contributed by atoms with Crippen LogP contribution in [0, 0.1) is 0 Å². The molecule has 0 aliphatic rings. The maximum Gasteiger partial charge on any atom is 0.143 e. The van der Waals surface area contributed by atoms with Crippen LogP contribution < -0.4 is 4.74 Å². The van der Waals surface area contributed by atoms with E-state index in [4.69, 9.17) is 4.74 Å². The highest BCUT2D eigenvalue weighted by Crippen LogP contribution is 2.29. The summed E-state index contributed by atoms with van der Waals surface area (Å²) >= 11 is 0. The SMILES string of the molecule is COc1cnccc1C(O)c1cnc2ccccc2c1. The number of aromatic nitrogens is 2. The number of methoxy groups -OCH3 is 1. The molecule has 0 radical (unpaired) electrons. The van der Waals surface area contributed by atoms with Crippen LogP contribution in [0.5, 0.6) is 5.75 Å². The zero-order valence-corrected chi connectivity index (χ0v) is 11.0. The Morgan fingerprint density at radius 2 is 2.00 bits per heavy atom. The van der Waals surface area contributed by atoms with Gasteiger partial charge in [0, 0.05) is 28.9 Å². The first kappa shape index (κ1) is 12.6. The van der Waals surface area contributed by atoms with E-state index in [9.17, 15) is 5.11 Å². The fourth-order valence-electron chi connectivity index (χ4n) is 2.20. The van der Waals surface area contributed by atoms with E-state index in [0.717, 1.165) is 16.5 Å². The molecular formula is C16H14N2O2. The number of hydrogen-bond acceptors (Lipinski definition) is 4. The monoisotopic (exact) mass is 266 g/mol. The van der Waals surface area contributed by atoms with E-state index >= 15 is 0 Å². The molecule has 0 fully saturated rings. The van der Waals surface area contributed by atoms with Crippen molar-refractivity contribution in [1.82, 2.24) is 9.97 Å². The van der Waals surface area contributed by atoms with Gasteiger partial charge in [0.15, 0.2) is 0 Å². The molecule has 3 aromatic rings. The molecule has 2 aromatic heterocycles. The van der Waals surface area contributed by atoms with Crippen LogP contribution in [0.15, 0.2) is 55.0 Å². The fourth-order valence-corrected chi connectivity index (χ4v) is 2.20. The van der Waals surface area contributed by atoms with Gasteiger partial charge in [-0.1, -0.05) is 18.2 Å². The van der Waals surface area contributed by atoms with Crippen molar-refractivity contribution in [2.24, 2.45) is 0 Å². The summed E-state index contributed by atoms with van der Waals surface area (Å²) in [5.41, 5.74) is 2.32. The molecule has 1 N–H and O–H groups in total. The third-order valence-corrected chi connectivity index (χ3v) is 3.26. The Bertz CT molecular complexity index is 743. The van der Waals surface area contributed by atoms with Crippen molar-refractivity contribution in [3.63, 3.8) is 0 Å². The Morgan fingerprint density at radius 1 is 1.15 bits per heavy atom. The molecule has 0 bridgehead atoms. The van der Waals surface area contributed by atoms with E-state index in [2.05, 4.69) is 9.97 Å². The molecule has 0 spiro atoms. The number of aliphatic hydroxyl groups excluding tert-OH is 1. The molecule has 2 heterocycles. The van der Waals surface area contributed by atoms with Gasteiger partial charge in [-0.3, -0.25) is 9.97 Å². The van der Waals surface area contributed by atoms with Gasteiger partial charge in [0.1, 0.15) is 11.9 Å². The van der Waals surface area contributed by atoms with Gasteiger partial charge in [0.05, 0.1) is 18.8 Å². The molecule has 1 atom stereocenters.